The molecule has 0 amide bonds. The summed E-state index contributed by atoms with van der Waals surface area (Å²) in [7, 11) is 1.31. The summed E-state index contributed by atoms with van der Waals surface area (Å²) in [6.45, 7) is 3.59. The highest BCUT2D eigenvalue weighted by Gasteiger charge is 2.12. The van der Waals surface area contributed by atoms with Crippen LogP contribution in [0.2, 0.25) is 0 Å². The summed E-state index contributed by atoms with van der Waals surface area (Å²) in [6, 6.07) is 9.92. The molecule has 0 aliphatic heterocycles. The molecule has 0 radical (unpaired) electrons. The maximum atomic E-state index is 11.1. The van der Waals surface area contributed by atoms with Gasteiger partial charge in [0.2, 0.25) is 0 Å². The molecule has 0 aliphatic carbocycles. The molecular weight excluding hydrogens is 216 g/mol. The number of ether oxygens (including phenoxy) is 1. The minimum Gasteiger partial charge on any atom is -0.466 e. The largest absolute Gasteiger partial charge is 0.466 e. The average Bonchev–Trinajstić information content (AvgIpc) is 2.36. The van der Waals surface area contributed by atoms with Crippen LogP contribution in [0.1, 0.15) is 18.4 Å². The van der Waals surface area contributed by atoms with Crippen molar-refractivity contribution in [3.63, 3.8) is 0 Å². The van der Waals surface area contributed by atoms with Crippen molar-refractivity contribution in [2.75, 3.05) is 7.11 Å². The number of benzene rings is 1. The van der Waals surface area contributed by atoms with Crippen LogP contribution in [0.4, 0.5) is 0 Å². The number of carbonyl (C=O) groups is 1. The van der Waals surface area contributed by atoms with Crippen LogP contribution in [0.3, 0.4) is 0 Å². The summed E-state index contributed by atoms with van der Waals surface area (Å²) in [6.07, 6.45) is 1.11. The zero-order valence-electron chi connectivity index (χ0n) is 10.1. The Hall–Kier alpha value is -1.61. The Morgan fingerprint density at radius 1 is 1.41 bits per heavy atom. The second-order valence-electron chi connectivity index (χ2n) is 3.98. The lowest BCUT2D eigenvalue weighted by Gasteiger charge is -2.11. The monoisotopic (exact) mass is 234 g/mol. The van der Waals surface area contributed by atoms with Crippen LogP contribution in [0.5, 0.6) is 0 Å². The Kier molecular flexibility index (Phi) is 5.43. The molecule has 1 aromatic carbocycles. The molecule has 1 unspecified atom stereocenters. The first-order valence-electron chi connectivity index (χ1n) is 5.61. The highest BCUT2D eigenvalue weighted by Crippen LogP contribution is 2.11. The number of hydrogen-bond acceptors (Lipinski definition) is 3. The molecule has 0 saturated carbocycles. The van der Waals surface area contributed by atoms with Gasteiger partial charge in [-0.1, -0.05) is 36.9 Å². The molecule has 0 spiro atoms. The number of methoxy groups -OCH3 is 1. The fourth-order valence-corrected chi connectivity index (χ4v) is 1.59. The van der Waals surface area contributed by atoms with Crippen LogP contribution in [0.25, 0.3) is 0 Å². The molecule has 3 nitrogen and oxygen atoms in total. The van der Waals surface area contributed by atoms with E-state index in [9.17, 15) is 9.90 Å². The van der Waals surface area contributed by atoms with Crippen molar-refractivity contribution in [1.82, 2.24) is 0 Å². The van der Waals surface area contributed by atoms with Gasteiger partial charge >= 0.3 is 5.97 Å². The van der Waals surface area contributed by atoms with Gasteiger partial charge in [-0.05, 0) is 18.4 Å². The molecule has 1 aromatic rings. The fourth-order valence-electron chi connectivity index (χ4n) is 1.59. The molecule has 0 aliphatic rings. The maximum Gasteiger partial charge on any atom is 0.333 e. The fraction of sp³-hybridized carbons (Fsp3) is 0.357. The van der Waals surface area contributed by atoms with Crippen molar-refractivity contribution in [2.24, 2.45) is 0 Å². The second-order valence-corrected chi connectivity index (χ2v) is 3.98. The first kappa shape index (κ1) is 13.5. The Labute approximate surface area is 102 Å². The second kappa shape index (κ2) is 6.86. The van der Waals surface area contributed by atoms with Gasteiger partial charge in [0.15, 0.2) is 0 Å². The van der Waals surface area contributed by atoms with Crippen molar-refractivity contribution < 1.29 is 14.6 Å². The van der Waals surface area contributed by atoms with Gasteiger partial charge in [-0.3, -0.25) is 0 Å². The minimum absolute atomic E-state index is 0.263. The van der Waals surface area contributed by atoms with Crippen LogP contribution in [0, 0.1) is 0 Å². The van der Waals surface area contributed by atoms with Crippen LogP contribution in [0.15, 0.2) is 42.5 Å². The van der Waals surface area contributed by atoms with Crippen molar-refractivity contribution in [2.45, 2.75) is 25.4 Å². The summed E-state index contributed by atoms with van der Waals surface area (Å²) in [5, 5.41) is 9.76. The SMILES string of the molecule is C=C(CC(O)CCc1ccccc1)C(=O)OC. The minimum atomic E-state index is -0.554. The smallest absolute Gasteiger partial charge is 0.333 e. The standard InChI is InChI=1S/C14H18O3/c1-11(14(16)17-2)10-13(15)9-8-12-6-4-3-5-7-12/h3-7,13,15H,1,8-10H2,2H3. The molecule has 0 bridgehead atoms. The van der Waals surface area contributed by atoms with Crippen LogP contribution >= 0.6 is 0 Å². The summed E-state index contributed by atoms with van der Waals surface area (Å²) in [5.41, 5.74) is 1.49. The van der Waals surface area contributed by atoms with Crippen LogP contribution < -0.4 is 0 Å². The number of esters is 1. The van der Waals surface area contributed by atoms with E-state index in [0.717, 1.165) is 6.42 Å². The normalized spacial score (nSPS) is 11.9. The van der Waals surface area contributed by atoms with E-state index < -0.39 is 12.1 Å². The van der Waals surface area contributed by atoms with Gasteiger partial charge in [0.05, 0.1) is 13.2 Å². The van der Waals surface area contributed by atoms with Gasteiger partial charge < -0.3 is 9.84 Å². The number of aliphatic hydroxyl groups excluding tert-OH is 1. The summed E-state index contributed by atoms with van der Waals surface area (Å²) < 4.78 is 4.53. The molecular formula is C14H18O3. The molecule has 0 aromatic heterocycles. The Morgan fingerprint density at radius 3 is 2.65 bits per heavy atom. The summed E-state index contributed by atoms with van der Waals surface area (Å²) >= 11 is 0. The van der Waals surface area contributed by atoms with Gasteiger partial charge in [0.1, 0.15) is 0 Å². The zero-order valence-corrected chi connectivity index (χ0v) is 10.1. The highest BCUT2D eigenvalue weighted by molar-refractivity contribution is 5.87. The number of hydrogen-bond donors (Lipinski definition) is 1. The predicted octanol–water partition coefficient (Wildman–Crippen LogP) is 2.10. The van der Waals surface area contributed by atoms with Crippen molar-refractivity contribution in [3.05, 3.63) is 48.0 Å². The lowest BCUT2D eigenvalue weighted by molar-refractivity contribution is -0.136. The van der Waals surface area contributed by atoms with Gasteiger partial charge in [-0.15, -0.1) is 0 Å². The molecule has 1 atom stereocenters. The van der Waals surface area contributed by atoms with Crippen molar-refractivity contribution in [1.29, 1.82) is 0 Å². The van der Waals surface area contributed by atoms with Gasteiger partial charge in [0, 0.05) is 12.0 Å². The third-order valence-corrected chi connectivity index (χ3v) is 2.57. The van der Waals surface area contributed by atoms with E-state index in [0.29, 0.717) is 12.0 Å². The topological polar surface area (TPSA) is 46.5 Å². The summed E-state index contributed by atoms with van der Waals surface area (Å²) in [5.74, 6) is -0.455. The number of carbonyl (C=O) groups excluding carboxylic acids is 1. The Balaban J connectivity index is 2.33. The third kappa shape index (κ3) is 4.83. The predicted molar refractivity (Wildman–Crippen MR) is 66.5 cm³/mol. The number of aryl methyl sites for hydroxylation is 1. The van der Waals surface area contributed by atoms with E-state index in [1.54, 1.807) is 0 Å². The molecule has 1 rings (SSSR count). The van der Waals surface area contributed by atoms with Crippen LogP contribution in [-0.4, -0.2) is 24.3 Å². The molecule has 17 heavy (non-hydrogen) atoms. The van der Waals surface area contributed by atoms with E-state index in [2.05, 4.69) is 11.3 Å². The first-order valence-corrected chi connectivity index (χ1v) is 5.61. The summed E-state index contributed by atoms with van der Waals surface area (Å²) in [4.78, 5) is 11.1. The quantitative estimate of drug-likeness (QED) is 0.605. The third-order valence-electron chi connectivity index (χ3n) is 2.57. The van der Waals surface area contributed by atoms with Crippen molar-refractivity contribution in [3.8, 4) is 0 Å². The van der Waals surface area contributed by atoms with Gasteiger partial charge in [-0.2, -0.15) is 0 Å². The lowest BCUT2D eigenvalue weighted by Crippen LogP contribution is -2.14. The molecule has 0 heterocycles. The van der Waals surface area contributed by atoms with E-state index in [-0.39, 0.29) is 6.42 Å². The van der Waals surface area contributed by atoms with Gasteiger partial charge in [-0.25, -0.2) is 4.79 Å². The molecule has 0 fully saturated rings. The number of rotatable bonds is 6. The Bertz CT molecular complexity index is 370. The first-order chi connectivity index (χ1) is 8.13. The van der Waals surface area contributed by atoms with Crippen molar-refractivity contribution >= 4 is 5.97 Å². The zero-order chi connectivity index (χ0) is 12.7. The number of aliphatic hydroxyl groups is 1. The molecule has 0 saturated heterocycles. The van der Waals surface area contributed by atoms with E-state index in [1.807, 2.05) is 30.3 Å². The van der Waals surface area contributed by atoms with E-state index in [4.69, 9.17) is 0 Å². The van der Waals surface area contributed by atoms with Crippen LogP contribution in [-0.2, 0) is 16.0 Å². The van der Waals surface area contributed by atoms with E-state index >= 15 is 0 Å². The molecule has 92 valence electrons. The maximum absolute atomic E-state index is 11.1. The van der Waals surface area contributed by atoms with E-state index in [1.165, 1.54) is 12.7 Å². The highest BCUT2D eigenvalue weighted by atomic mass is 16.5. The van der Waals surface area contributed by atoms with Gasteiger partial charge in [0.25, 0.3) is 0 Å². The Morgan fingerprint density at radius 2 is 2.06 bits per heavy atom. The molecule has 1 N–H and O–H groups in total. The lowest BCUT2D eigenvalue weighted by atomic mass is 10.0. The molecule has 3 heteroatoms. The average molecular weight is 234 g/mol.